The van der Waals surface area contributed by atoms with Crippen molar-refractivity contribution in [3.8, 4) is 0 Å². The zero-order valence-electron chi connectivity index (χ0n) is 9.15. The summed E-state index contributed by atoms with van der Waals surface area (Å²) in [7, 11) is 0. The lowest BCUT2D eigenvalue weighted by atomic mass is 10.0. The quantitative estimate of drug-likeness (QED) is 0.469. The molecule has 0 heterocycles. The highest BCUT2D eigenvalue weighted by molar-refractivity contribution is 5.81. The highest BCUT2D eigenvalue weighted by Crippen LogP contribution is 2.03. The predicted molar refractivity (Wildman–Crippen MR) is 54.1 cm³/mol. The molecule has 3 atom stereocenters. The summed E-state index contributed by atoms with van der Waals surface area (Å²) in [5, 5.41) is 20.2. The number of carboxylic acid groups (broad SMARTS) is 1. The molecule has 0 saturated carbocycles. The van der Waals surface area contributed by atoms with Gasteiger partial charge >= 0.3 is 5.97 Å². The molecule has 0 fully saturated rings. The largest absolute Gasteiger partial charge is 0.479 e. The van der Waals surface area contributed by atoms with E-state index < -0.39 is 17.5 Å². The third kappa shape index (κ3) is 4.26. The van der Waals surface area contributed by atoms with Crippen LogP contribution in [0.2, 0.25) is 0 Å². The highest BCUT2D eigenvalue weighted by Gasteiger charge is 2.31. The summed E-state index contributed by atoms with van der Waals surface area (Å²) in [6.45, 7) is 4.10. The molecule has 0 spiro atoms. The van der Waals surface area contributed by atoms with Crippen LogP contribution < -0.4 is 11.1 Å². The minimum Gasteiger partial charge on any atom is -0.479 e. The molecule has 0 aromatic carbocycles. The molecule has 0 aliphatic carbocycles. The standard InChI is InChI=1S/C9H18N2O4/c1-5(6(2)10)7(12)11-4-9(3,15)8(13)14/h5-6,15H,4,10H2,1-3H3,(H,11,12)(H,13,14). The number of carboxylic acids is 1. The average molecular weight is 218 g/mol. The minimum atomic E-state index is -1.95. The molecule has 15 heavy (non-hydrogen) atoms. The van der Waals surface area contributed by atoms with Crippen LogP contribution in [-0.4, -0.2) is 40.3 Å². The lowest BCUT2D eigenvalue weighted by Gasteiger charge is -2.21. The molecule has 6 nitrogen and oxygen atoms in total. The van der Waals surface area contributed by atoms with Crippen LogP contribution in [0.25, 0.3) is 0 Å². The first-order chi connectivity index (χ1) is 6.68. The van der Waals surface area contributed by atoms with Gasteiger partial charge in [0.2, 0.25) is 5.91 Å². The van der Waals surface area contributed by atoms with Crippen LogP contribution in [0.15, 0.2) is 0 Å². The van der Waals surface area contributed by atoms with Crippen molar-refractivity contribution in [2.45, 2.75) is 32.4 Å². The Morgan fingerprint density at radius 3 is 2.27 bits per heavy atom. The van der Waals surface area contributed by atoms with E-state index >= 15 is 0 Å². The Balaban J connectivity index is 4.18. The van der Waals surface area contributed by atoms with Crippen LogP contribution in [0.5, 0.6) is 0 Å². The molecule has 0 aliphatic heterocycles. The average Bonchev–Trinajstić information content (AvgIpc) is 2.12. The second-order valence-corrected chi connectivity index (χ2v) is 3.94. The molecular formula is C9H18N2O4. The van der Waals surface area contributed by atoms with E-state index in [1.54, 1.807) is 13.8 Å². The summed E-state index contributed by atoms with van der Waals surface area (Å²) >= 11 is 0. The van der Waals surface area contributed by atoms with Crippen molar-refractivity contribution in [2.24, 2.45) is 11.7 Å². The van der Waals surface area contributed by atoms with Gasteiger partial charge in [0.05, 0.1) is 6.54 Å². The Morgan fingerprint density at radius 1 is 1.47 bits per heavy atom. The summed E-state index contributed by atoms with van der Waals surface area (Å²) in [6.07, 6.45) is 0. The molecule has 0 aromatic rings. The van der Waals surface area contributed by atoms with Gasteiger partial charge in [0, 0.05) is 12.0 Å². The number of amides is 1. The van der Waals surface area contributed by atoms with Crippen molar-refractivity contribution in [3.05, 3.63) is 0 Å². The van der Waals surface area contributed by atoms with Crippen molar-refractivity contribution in [2.75, 3.05) is 6.54 Å². The lowest BCUT2D eigenvalue weighted by molar-refractivity contribution is -0.156. The molecule has 0 saturated heterocycles. The minimum absolute atomic E-state index is 0.320. The number of carbonyl (C=O) groups excluding carboxylic acids is 1. The van der Waals surface area contributed by atoms with Gasteiger partial charge in [-0.2, -0.15) is 0 Å². The molecule has 0 bridgehead atoms. The van der Waals surface area contributed by atoms with Crippen molar-refractivity contribution in [3.63, 3.8) is 0 Å². The van der Waals surface area contributed by atoms with Crippen LogP contribution in [-0.2, 0) is 9.59 Å². The maximum Gasteiger partial charge on any atom is 0.337 e. The van der Waals surface area contributed by atoms with E-state index in [2.05, 4.69) is 5.32 Å². The van der Waals surface area contributed by atoms with E-state index in [9.17, 15) is 14.7 Å². The first-order valence-corrected chi connectivity index (χ1v) is 4.67. The van der Waals surface area contributed by atoms with Gasteiger partial charge in [0.15, 0.2) is 5.60 Å². The first-order valence-electron chi connectivity index (χ1n) is 4.67. The van der Waals surface area contributed by atoms with Gasteiger partial charge in [-0.3, -0.25) is 4.79 Å². The van der Waals surface area contributed by atoms with Crippen molar-refractivity contribution >= 4 is 11.9 Å². The third-order valence-electron chi connectivity index (χ3n) is 2.27. The molecule has 3 unspecified atom stereocenters. The van der Waals surface area contributed by atoms with Gasteiger partial charge in [-0.05, 0) is 13.8 Å². The van der Waals surface area contributed by atoms with Crippen LogP contribution in [0.4, 0.5) is 0 Å². The summed E-state index contributed by atoms with van der Waals surface area (Å²) in [5.74, 6) is -2.17. The Labute approximate surface area is 88.5 Å². The number of carbonyl (C=O) groups is 2. The number of nitrogens with two attached hydrogens (primary N) is 1. The van der Waals surface area contributed by atoms with E-state index in [1.165, 1.54) is 0 Å². The molecule has 5 N–H and O–H groups in total. The number of aliphatic hydroxyl groups is 1. The molecule has 0 aliphatic rings. The van der Waals surface area contributed by atoms with Crippen molar-refractivity contribution in [1.29, 1.82) is 0 Å². The van der Waals surface area contributed by atoms with Crippen molar-refractivity contribution < 1.29 is 19.8 Å². The van der Waals surface area contributed by atoms with E-state index in [0.717, 1.165) is 6.92 Å². The van der Waals surface area contributed by atoms with E-state index in [4.69, 9.17) is 10.8 Å². The summed E-state index contributed by atoms with van der Waals surface area (Å²) in [6, 6.07) is -0.320. The lowest BCUT2D eigenvalue weighted by Crippen LogP contribution is -2.49. The molecule has 0 aromatic heterocycles. The number of aliphatic carboxylic acids is 1. The van der Waals surface area contributed by atoms with E-state index in [-0.39, 0.29) is 18.5 Å². The van der Waals surface area contributed by atoms with E-state index in [0.29, 0.717) is 0 Å². The Morgan fingerprint density at radius 2 is 1.93 bits per heavy atom. The first kappa shape index (κ1) is 13.9. The van der Waals surface area contributed by atoms with Gasteiger partial charge < -0.3 is 21.3 Å². The number of hydrogen-bond acceptors (Lipinski definition) is 4. The monoisotopic (exact) mass is 218 g/mol. The summed E-state index contributed by atoms with van der Waals surface area (Å²) in [5.41, 5.74) is 3.55. The molecular weight excluding hydrogens is 200 g/mol. The fourth-order valence-corrected chi connectivity index (χ4v) is 0.735. The SMILES string of the molecule is CC(N)C(C)C(=O)NCC(C)(O)C(=O)O. The molecule has 6 heteroatoms. The Bertz CT molecular complexity index is 250. The topological polar surface area (TPSA) is 113 Å². The zero-order valence-corrected chi connectivity index (χ0v) is 9.15. The maximum absolute atomic E-state index is 11.4. The van der Waals surface area contributed by atoms with Gasteiger partial charge in [-0.25, -0.2) is 4.79 Å². The summed E-state index contributed by atoms with van der Waals surface area (Å²) in [4.78, 5) is 21.9. The number of rotatable bonds is 5. The molecule has 0 radical (unpaired) electrons. The highest BCUT2D eigenvalue weighted by atomic mass is 16.4. The van der Waals surface area contributed by atoms with Gasteiger partial charge in [0.25, 0.3) is 0 Å². The van der Waals surface area contributed by atoms with E-state index in [1.807, 2.05) is 0 Å². The third-order valence-corrected chi connectivity index (χ3v) is 2.27. The fraction of sp³-hybridized carbons (Fsp3) is 0.778. The molecule has 0 rings (SSSR count). The Kier molecular flexibility index (Phi) is 4.70. The fourth-order valence-electron chi connectivity index (χ4n) is 0.735. The van der Waals surface area contributed by atoms with Gasteiger partial charge in [-0.15, -0.1) is 0 Å². The summed E-state index contributed by atoms with van der Waals surface area (Å²) < 4.78 is 0. The van der Waals surface area contributed by atoms with Gasteiger partial charge in [-0.1, -0.05) is 6.92 Å². The second-order valence-electron chi connectivity index (χ2n) is 3.94. The maximum atomic E-state index is 11.4. The molecule has 88 valence electrons. The smallest absolute Gasteiger partial charge is 0.337 e. The number of hydrogen-bond donors (Lipinski definition) is 4. The van der Waals surface area contributed by atoms with Crippen molar-refractivity contribution in [1.82, 2.24) is 5.32 Å². The predicted octanol–water partition coefficient (Wildman–Crippen LogP) is -1.08. The van der Waals surface area contributed by atoms with Crippen LogP contribution in [0, 0.1) is 5.92 Å². The Hall–Kier alpha value is -1.14. The van der Waals surface area contributed by atoms with Crippen LogP contribution >= 0.6 is 0 Å². The molecule has 1 amide bonds. The zero-order chi connectivity index (χ0) is 12.2. The van der Waals surface area contributed by atoms with Crippen LogP contribution in [0.3, 0.4) is 0 Å². The van der Waals surface area contributed by atoms with Gasteiger partial charge in [0.1, 0.15) is 0 Å². The van der Waals surface area contributed by atoms with Crippen LogP contribution in [0.1, 0.15) is 20.8 Å². The second kappa shape index (κ2) is 5.09. The number of nitrogens with one attached hydrogen (secondary N) is 1. The normalized spacial score (nSPS) is 18.7.